The summed E-state index contributed by atoms with van der Waals surface area (Å²) in [6, 6.07) is 11.9. The van der Waals surface area contributed by atoms with Gasteiger partial charge < -0.3 is 26.8 Å². The van der Waals surface area contributed by atoms with Crippen molar-refractivity contribution in [3.05, 3.63) is 53.7 Å². The first kappa shape index (κ1) is 23.4. The van der Waals surface area contributed by atoms with Crippen LogP contribution in [0.25, 0.3) is 5.65 Å². The summed E-state index contributed by atoms with van der Waals surface area (Å²) in [5.41, 5.74) is 14.5. The molecule has 1 unspecified atom stereocenters. The Morgan fingerprint density at radius 3 is 2.18 bits per heavy atom. The molecule has 1 atom stereocenters. The summed E-state index contributed by atoms with van der Waals surface area (Å²) in [7, 11) is 0. The van der Waals surface area contributed by atoms with Gasteiger partial charge in [0, 0.05) is 18.2 Å². The summed E-state index contributed by atoms with van der Waals surface area (Å²) < 4.78 is 1.60. The molecule has 8 heteroatoms. The van der Waals surface area contributed by atoms with E-state index in [9.17, 15) is 0 Å². The number of aryl methyl sites for hydroxylation is 1. The number of nitrogen functional groups attached to an aromatic ring is 2. The average molecular weight is 390 g/mol. The van der Waals surface area contributed by atoms with Crippen molar-refractivity contribution in [2.45, 2.75) is 39.2 Å². The molecule has 0 radical (unpaired) electrons. The van der Waals surface area contributed by atoms with E-state index in [0.717, 1.165) is 11.2 Å². The Hall–Kier alpha value is -2.68. The van der Waals surface area contributed by atoms with Crippen LogP contribution in [0.5, 0.6) is 0 Å². The third kappa shape index (κ3) is 7.51. The Balaban J connectivity index is 0.000000237. The molecule has 0 spiro atoms. The van der Waals surface area contributed by atoms with Crippen molar-refractivity contribution in [2.24, 2.45) is 0 Å². The lowest BCUT2D eigenvalue weighted by Gasteiger charge is -2.03. The molecule has 0 bridgehead atoms. The first-order valence-electron chi connectivity index (χ1n) is 9.11. The highest BCUT2D eigenvalue weighted by atomic mass is 16.3. The van der Waals surface area contributed by atoms with E-state index < -0.39 is 6.10 Å². The third-order valence-corrected chi connectivity index (χ3v) is 3.78. The number of aliphatic hydroxyl groups excluding tert-OH is 3. The van der Waals surface area contributed by atoms with E-state index in [0.29, 0.717) is 17.6 Å². The Kier molecular flexibility index (Phi) is 9.94. The predicted molar refractivity (Wildman–Crippen MR) is 112 cm³/mol. The SMILES string of the molecule is CC(C)c1cnn2c(N)cc(N)nc12.Cc1ccccc1.OCCC(O)CO. The molecular weight excluding hydrogens is 358 g/mol. The van der Waals surface area contributed by atoms with Crippen LogP contribution < -0.4 is 11.5 Å². The molecule has 0 aliphatic carbocycles. The number of hydrogen-bond donors (Lipinski definition) is 5. The smallest absolute Gasteiger partial charge is 0.163 e. The summed E-state index contributed by atoms with van der Waals surface area (Å²) in [4.78, 5) is 4.22. The van der Waals surface area contributed by atoms with Crippen LogP contribution in [0.2, 0.25) is 0 Å². The normalized spacial score (nSPS) is 11.4. The molecule has 3 aromatic rings. The van der Waals surface area contributed by atoms with Gasteiger partial charge in [-0.05, 0) is 19.3 Å². The number of anilines is 2. The van der Waals surface area contributed by atoms with Crippen molar-refractivity contribution < 1.29 is 15.3 Å². The minimum absolute atomic E-state index is 0.0677. The second-order valence-corrected chi connectivity index (χ2v) is 6.60. The van der Waals surface area contributed by atoms with Crippen molar-refractivity contribution in [3.8, 4) is 0 Å². The number of aliphatic hydroxyl groups is 3. The first-order chi connectivity index (χ1) is 13.3. The molecule has 2 aromatic heterocycles. The Bertz CT molecular complexity index is 821. The first-order valence-corrected chi connectivity index (χ1v) is 9.11. The molecule has 8 nitrogen and oxygen atoms in total. The second kappa shape index (κ2) is 11.9. The minimum Gasteiger partial charge on any atom is -0.396 e. The fourth-order valence-corrected chi connectivity index (χ4v) is 2.20. The summed E-state index contributed by atoms with van der Waals surface area (Å²) in [5, 5.41) is 28.8. The van der Waals surface area contributed by atoms with Crippen LogP contribution in [-0.2, 0) is 0 Å². The van der Waals surface area contributed by atoms with Crippen LogP contribution in [0.1, 0.15) is 37.3 Å². The Morgan fingerprint density at radius 2 is 1.75 bits per heavy atom. The molecule has 0 aliphatic rings. The maximum atomic E-state index is 8.45. The summed E-state index contributed by atoms with van der Waals surface area (Å²) in [5.74, 6) is 1.30. The summed E-state index contributed by atoms with van der Waals surface area (Å²) in [6.07, 6.45) is 1.30. The molecule has 3 rings (SSSR count). The zero-order chi connectivity index (χ0) is 21.1. The van der Waals surface area contributed by atoms with Crippen molar-refractivity contribution in [3.63, 3.8) is 0 Å². The number of aromatic nitrogens is 3. The minimum atomic E-state index is -0.745. The van der Waals surface area contributed by atoms with Crippen molar-refractivity contribution in [1.82, 2.24) is 14.6 Å². The van der Waals surface area contributed by atoms with Gasteiger partial charge in [0.15, 0.2) is 5.65 Å². The highest BCUT2D eigenvalue weighted by Crippen LogP contribution is 2.21. The molecule has 0 saturated heterocycles. The van der Waals surface area contributed by atoms with Gasteiger partial charge in [0.2, 0.25) is 0 Å². The molecule has 0 fully saturated rings. The van der Waals surface area contributed by atoms with Gasteiger partial charge in [-0.1, -0.05) is 49.7 Å². The lowest BCUT2D eigenvalue weighted by molar-refractivity contribution is 0.0721. The largest absolute Gasteiger partial charge is 0.396 e. The lowest BCUT2D eigenvalue weighted by Crippen LogP contribution is -2.12. The molecule has 0 saturated carbocycles. The fraction of sp³-hybridized carbons (Fsp3) is 0.400. The highest BCUT2D eigenvalue weighted by Gasteiger charge is 2.11. The van der Waals surface area contributed by atoms with Gasteiger partial charge in [0.05, 0.1) is 18.9 Å². The van der Waals surface area contributed by atoms with Gasteiger partial charge in [-0.3, -0.25) is 0 Å². The lowest BCUT2D eigenvalue weighted by atomic mass is 10.1. The Morgan fingerprint density at radius 1 is 1.11 bits per heavy atom. The average Bonchev–Trinajstić information content (AvgIpc) is 3.08. The van der Waals surface area contributed by atoms with Crippen LogP contribution in [0.15, 0.2) is 42.6 Å². The fourth-order valence-electron chi connectivity index (χ4n) is 2.20. The molecular formula is C20H31N5O3. The molecule has 0 aliphatic heterocycles. The van der Waals surface area contributed by atoms with Crippen LogP contribution in [0, 0.1) is 6.92 Å². The van der Waals surface area contributed by atoms with Crippen molar-refractivity contribution in [2.75, 3.05) is 24.7 Å². The molecule has 28 heavy (non-hydrogen) atoms. The number of fused-ring (bicyclic) bond motifs is 1. The van der Waals surface area contributed by atoms with Gasteiger partial charge in [0.25, 0.3) is 0 Å². The Labute approximate surface area is 165 Å². The summed E-state index contributed by atoms with van der Waals surface area (Å²) >= 11 is 0. The zero-order valence-electron chi connectivity index (χ0n) is 16.7. The van der Waals surface area contributed by atoms with E-state index in [1.54, 1.807) is 16.8 Å². The van der Waals surface area contributed by atoms with E-state index in [1.807, 2.05) is 18.2 Å². The van der Waals surface area contributed by atoms with E-state index in [1.165, 1.54) is 5.56 Å². The van der Waals surface area contributed by atoms with Crippen LogP contribution in [0.4, 0.5) is 11.6 Å². The van der Waals surface area contributed by atoms with E-state index in [4.69, 9.17) is 26.8 Å². The maximum Gasteiger partial charge on any atom is 0.163 e. The number of hydrogen-bond acceptors (Lipinski definition) is 7. The summed E-state index contributed by atoms with van der Waals surface area (Å²) in [6.45, 7) is 5.92. The van der Waals surface area contributed by atoms with Gasteiger partial charge in [-0.15, -0.1) is 0 Å². The van der Waals surface area contributed by atoms with Crippen molar-refractivity contribution >= 4 is 17.3 Å². The number of nitrogens with zero attached hydrogens (tertiary/aromatic N) is 3. The van der Waals surface area contributed by atoms with Crippen LogP contribution >= 0.6 is 0 Å². The van der Waals surface area contributed by atoms with Crippen LogP contribution in [-0.4, -0.2) is 49.2 Å². The van der Waals surface area contributed by atoms with Gasteiger partial charge in [-0.25, -0.2) is 4.98 Å². The number of nitrogens with two attached hydrogens (primary N) is 2. The van der Waals surface area contributed by atoms with Gasteiger partial charge in [0.1, 0.15) is 11.6 Å². The number of rotatable bonds is 4. The molecule has 7 N–H and O–H groups in total. The molecule has 2 heterocycles. The van der Waals surface area contributed by atoms with Gasteiger partial charge >= 0.3 is 0 Å². The van der Waals surface area contributed by atoms with E-state index in [-0.39, 0.29) is 19.6 Å². The molecule has 154 valence electrons. The molecule has 1 aromatic carbocycles. The monoisotopic (exact) mass is 389 g/mol. The van der Waals surface area contributed by atoms with Crippen molar-refractivity contribution in [1.29, 1.82) is 0 Å². The highest BCUT2D eigenvalue weighted by molar-refractivity contribution is 5.58. The van der Waals surface area contributed by atoms with E-state index in [2.05, 4.69) is 43.0 Å². The number of benzene rings is 1. The topological polar surface area (TPSA) is 143 Å². The quantitative estimate of drug-likeness (QED) is 0.457. The van der Waals surface area contributed by atoms with E-state index >= 15 is 0 Å². The standard InChI is InChI=1S/C9H13N5.C7H8.C4H10O3/c1-5(2)6-4-12-14-8(11)3-7(10)13-9(6)14;1-7-5-3-2-4-6-7;5-2-1-4(7)3-6/h3-5H,11H2,1-2H3,(H2,10,13);2-6H,1H3;4-7H,1-3H2. The molecule has 0 amide bonds. The zero-order valence-corrected chi connectivity index (χ0v) is 16.7. The maximum absolute atomic E-state index is 8.45. The third-order valence-electron chi connectivity index (χ3n) is 3.78. The van der Waals surface area contributed by atoms with Gasteiger partial charge in [-0.2, -0.15) is 9.61 Å². The second-order valence-electron chi connectivity index (χ2n) is 6.60. The van der Waals surface area contributed by atoms with Crippen LogP contribution in [0.3, 0.4) is 0 Å². The predicted octanol–water partition coefficient (Wildman–Crippen LogP) is 1.73.